The Balaban J connectivity index is 1.57. The fourth-order valence-corrected chi connectivity index (χ4v) is 7.97. The van der Waals surface area contributed by atoms with Crippen molar-refractivity contribution in [2.45, 2.75) is 50.5 Å². The Kier molecular flexibility index (Phi) is 8.48. The van der Waals surface area contributed by atoms with Crippen molar-refractivity contribution in [3.8, 4) is 5.75 Å². The quantitative estimate of drug-likeness (QED) is 0.202. The molecule has 0 aliphatic heterocycles. The highest BCUT2D eigenvalue weighted by molar-refractivity contribution is 7.91. The lowest BCUT2D eigenvalue weighted by molar-refractivity contribution is -0.141. The molecule has 0 aliphatic carbocycles. The van der Waals surface area contributed by atoms with Gasteiger partial charge < -0.3 is 14.0 Å². The first kappa shape index (κ1) is 27.4. The Morgan fingerprint density at radius 3 is 2.65 bits per heavy atom. The fourth-order valence-electron chi connectivity index (χ4n) is 4.36. The van der Waals surface area contributed by atoms with Gasteiger partial charge in [0.25, 0.3) is 10.0 Å². The Hall–Kier alpha value is -2.59. The minimum atomic E-state index is -3.73. The maximum Gasteiger partial charge on any atom is 0.325 e. The minimum Gasteiger partial charge on any atom is -0.489 e. The summed E-state index contributed by atoms with van der Waals surface area (Å²) in [6, 6.07) is 13.0. The number of nitrogens with zero attached hydrogens (tertiary/aromatic N) is 2. The number of thiophene rings is 1. The molecule has 0 saturated heterocycles. The smallest absolute Gasteiger partial charge is 0.325 e. The maximum absolute atomic E-state index is 13.8. The van der Waals surface area contributed by atoms with E-state index < -0.39 is 10.0 Å². The van der Waals surface area contributed by atoms with Crippen molar-refractivity contribution >= 4 is 59.9 Å². The van der Waals surface area contributed by atoms with Gasteiger partial charge >= 0.3 is 5.97 Å². The Morgan fingerprint density at radius 2 is 1.95 bits per heavy atom. The van der Waals surface area contributed by atoms with Gasteiger partial charge in [-0.2, -0.15) is 4.31 Å². The van der Waals surface area contributed by atoms with Crippen LogP contribution in [0.4, 0.5) is 0 Å². The predicted molar refractivity (Wildman–Crippen MR) is 149 cm³/mol. The number of hydrogen-bond acceptors (Lipinski definition) is 6. The molecular formula is C27H31ClN2O5S2. The van der Waals surface area contributed by atoms with E-state index in [2.05, 4.69) is 0 Å². The molecule has 2 aromatic heterocycles. The van der Waals surface area contributed by atoms with E-state index in [0.717, 1.165) is 26.6 Å². The van der Waals surface area contributed by atoms with Crippen molar-refractivity contribution in [2.24, 2.45) is 0 Å². The lowest BCUT2D eigenvalue weighted by atomic mass is 10.2. The summed E-state index contributed by atoms with van der Waals surface area (Å²) in [6.07, 6.45) is 2.82. The summed E-state index contributed by atoms with van der Waals surface area (Å²) < 4.78 is 43.2. The molecule has 0 saturated carbocycles. The van der Waals surface area contributed by atoms with E-state index >= 15 is 0 Å². The third-order valence-corrected chi connectivity index (χ3v) is 10.3. The summed E-state index contributed by atoms with van der Waals surface area (Å²) in [6.45, 7) is 6.55. The molecule has 37 heavy (non-hydrogen) atoms. The topological polar surface area (TPSA) is 77.8 Å². The maximum atomic E-state index is 13.8. The van der Waals surface area contributed by atoms with Crippen LogP contribution in [0.3, 0.4) is 0 Å². The number of benzene rings is 2. The molecule has 1 atom stereocenters. The summed E-state index contributed by atoms with van der Waals surface area (Å²) in [5.41, 5.74) is 1.61. The number of esters is 1. The molecule has 10 heteroatoms. The zero-order chi connectivity index (χ0) is 26.7. The van der Waals surface area contributed by atoms with Crippen LogP contribution in [0, 0.1) is 6.92 Å². The van der Waals surface area contributed by atoms with Crippen LogP contribution in [-0.2, 0) is 26.1 Å². The summed E-state index contributed by atoms with van der Waals surface area (Å²) in [7, 11) is -2.36. The van der Waals surface area contributed by atoms with Crippen molar-refractivity contribution in [1.29, 1.82) is 0 Å². The van der Waals surface area contributed by atoms with Gasteiger partial charge in [0.1, 0.15) is 22.6 Å². The lowest BCUT2D eigenvalue weighted by Gasteiger charge is -2.26. The molecular weight excluding hydrogens is 532 g/mol. The zero-order valence-corrected chi connectivity index (χ0v) is 23.8. The zero-order valence-electron chi connectivity index (χ0n) is 21.4. The van der Waals surface area contributed by atoms with Crippen LogP contribution in [0.25, 0.3) is 21.0 Å². The van der Waals surface area contributed by atoms with Crippen molar-refractivity contribution in [3.63, 3.8) is 0 Å². The number of methoxy groups -OCH3 is 1. The van der Waals surface area contributed by atoms with E-state index in [1.165, 1.54) is 22.8 Å². The summed E-state index contributed by atoms with van der Waals surface area (Å²) in [5, 5.41) is 2.37. The van der Waals surface area contributed by atoms with Crippen LogP contribution in [0.5, 0.6) is 5.75 Å². The molecule has 0 amide bonds. The van der Waals surface area contributed by atoms with Gasteiger partial charge in [-0.3, -0.25) is 4.79 Å². The number of hydrogen-bond donors (Lipinski definition) is 0. The second kappa shape index (κ2) is 11.4. The summed E-state index contributed by atoms with van der Waals surface area (Å²) >= 11 is 7.44. The van der Waals surface area contributed by atoms with Gasteiger partial charge in [-0.1, -0.05) is 25.4 Å². The third-order valence-electron chi connectivity index (χ3n) is 6.34. The molecule has 4 aromatic rings. The molecule has 0 spiro atoms. The first-order valence-corrected chi connectivity index (χ1v) is 14.8. The number of ether oxygens (including phenoxy) is 2. The first-order chi connectivity index (χ1) is 17.7. The number of aromatic nitrogens is 1. The molecule has 0 radical (unpaired) electrons. The summed E-state index contributed by atoms with van der Waals surface area (Å²) in [5.74, 6) is 0.328. The Bertz CT molecular complexity index is 1530. The van der Waals surface area contributed by atoms with Crippen LogP contribution in [0.1, 0.15) is 32.3 Å². The van der Waals surface area contributed by atoms with E-state index in [1.54, 1.807) is 6.07 Å². The van der Waals surface area contributed by atoms with Gasteiger partial charge in [-0.05, 0) is 73.2 Å². The minimum absolute atomic E-state index is 0.130. The predicted octanol–water partition coefficient (Wildman–Crippen LogP) is 6.25. The van der Waals surface area contributed by atoms with Crippen LogP contribution in [-0.4, -0.2) is 49.6 Å². The second-order valence-electron chi connectivity index (χ2n) is 8.91. The number of aryl methyl sites for hydroxylation is 1. The Labute approximate surface area is 226 Å². The van der Waals surface area contributed by atoms with Crippen molar-refractivity contribution < 1.29 is 22.7 Å². The highest BCUT2D eigenvalue weighted by atomic mass is 35.5. The van der Waals surface area contributed by atoms with E-state index in [1.807, 2.05) is 67.9 Å². The number of carbonyl (C=O) groups is 1. The number of halogens is 1. The average molecular weight is 563 g/mol. The highest BCUT2D eigenvalue weighted by Gasteiger charge is 2.30. The van der Waals surface area contributed by atoms with Gasteiger partial charge in [-0.15, -0.1) is 11.3 Å². The van der Waals surface area contributed by atoms with Crippen LogP contribution < -0.4 is 4.74 Å². The molecule has 7 nitrogen and oxygen atoms in total. The SMILES string of the molecule is CCCN(CC(CC)Oc1ccc2c(ccn2CC(=O)OC)c1)S(=O)(=O)c1sc2ccc(Cl)cc2c1C. The standard InChI is InChI=1S/C27H31ClN2O5S2/c1-5-12-30(37(32,33)27-18(3)23-15-20(28)7-10-25(23)36-27)16-21(6-2)35-22-8-9-24-19(14-22)11-13-29(24)17-26(31)34-4/h7-11,13-15,21H,5-6,12,16-17H2,1-4H3. The molecule has 2 aromatic carbocycles. The van der Waals surface area contributed by atoms with Crippen LogP contribution >= 0.6 is 22.9 Å². The average Bonchev–Trinajstić information content (AvgIpc) is 3.43. The lowest BCUT2D eigenvalue weighted by Crippen LogP contribution is -2.40. The second-order valence-corrected chi connectivity index (χ2v) is 12.5. The molecule has 1 unspecified atom stereocenters. The van der Waals surface area contributed by atoms with E-state index in [-0.39, 0.29) is 25.2 Å². The molecule has 2 heterocycles. The van der Waals surface area contributed by atoms with Crippen LogP contribution in [0.15, 0.2) is 52.9 Å². The fraction of sp³-hybridized carbons (Fsp3) is 0.370. The van der Waals surface area contributed by atoms with Gasteiger partial charge in [0.05, 0.1) is 13.7 Å². The van der Waals surface area contributed by atoms with Crippen molar-refractivity contribution in [2.75, 3.05) is 20.2 Å². The molecule has 0 aliphatic rings. The van der Waals surface area contributed by atoms with Gasteiger partial charge in [0.15, 0.2) is 0 Å². The van der Waals surface area contributed by atoms with Gasteiger partial charge in [0.2, 0.25) is 0 Å². The molecule has 0 bridgehead atoms. The molecule has 4 rings (SSSR count). The number of carbonyl (C=O) groups excluding carboxylic acids is 1. The molecule has 198 valence electrons. The summed E-state index contributed by atoms with van der Waals surface area (Å²) in [4.78, 5) is 11.7. The van der Waals surface area contributed by atoms with E-state index in [0.29, 0.717) is 34.4 Å². The van der Waals surface area contributed by atoms with Gasteiger partial charge in [0, 0.05) is 33.4 Å². The van der Waals surface area contributed by atoms with Crippen molar-refractivity contribution in [3.05, 3.63) is 59.2 Å². The van der Waals surface area contributed by atoms with E-state index in [9.17, 15) is 13.2 Å². The highest BCUT2D eigenvalue weighted by Crippen LogP contribution is 2.37. The normalized spacial score (nSPS) is 12.9. The third kappa shape index (κ3) is 5.80. The van der Waals surface area contributed by atoms with E-state index in [4.69, 9.17) is 21.1 Å². The number of sulfonamides is 1. The van der Waals surface area contributed by atoms with Gasteiger partial charge in [-0.25, -0.2) is 8.42 Å². The number of fused-ring (bicyclic) bond motifs is 2. The van der Waals surface area contributed by atoms with Crippen molar-refractivity contribution in [1.82, 2.24) is 8.87 Å². The molecule has 0 N–H and O–H groups in total. The largest absolute Gasteiger partial charge is 0.489 e. The van der Waals surface area contributed by atoms with Crippen LogP contribution in [0.2, 0.25) is 5.02 Å². The first-order valence-electron chi connectivity index (χ1n) is 12.2. The monoisotopic (exact) mass is 562 g/mol. The number of rotatable bonds is 11. The Morgan fingerprint density at radius 1 is 1.16 bits per heavy atom. The molecule has 0 fully saturated rings.